The zero-order chi connectivity index (χ0) is 15.9. The zero-order valence-electron chi connectivity index (χ0n) is 12.2. The molecule has 1 aliphatic heterocycles. The monoisotopic (exact) mass is 370 g/mol. The molecular formula is C15H19BrN2O4. The maximum atomic E-state index is 12.1. The van der Waals surface area contributed by atoms with Gasteiger partial charge in [-0.1, -0.05) is 15.9 Å². The van der Waals surface area contributed by atoms with Crippen molar-refractivity contribution >= 4 is 27.8 Å². The number of amides is 1. The van der Waals surface area contributed by atoms with Gasteiger partial charge in [0.05, 0.1) is 6.42 Å². The standard InChI is InChI=1S/C15H19BrN2O4/c16-12-1-3-13(4-2-12)22-11-14(19)18-9-7-17(8-10-18)6-5-15(20)21/h1-4H,5-11H2,(H,20,21). The SMILES string of the molecule is O=C(O)CCN1CCN(C(=O)COc2ccc(Br)cc2)CC1. The highest BCUT2D eigenvalue weighted by molar-refractivity contribution is 9.10. The van der Waals surface area contributed by atoms with E-state index >= 15 is 0 Å². The number of carbonyl (C=O) groups is 2. The first-order valence-electron chi connectivity index (χ1n) is 7.15. The van der Waals surface area contributed by atoms with Crippen molar-refractivity contribution in [1.82, 2.24) is 9.80 Å². The van der Waals surface area contributed by atoms with Crippen LogP contribution in [0.25, 0.3) is 0 Å². The Kier molecular flexibility index (Phi) is 6.21. The van der Waals surface area contributed by atoms with Gasteiger partial charge in [-0.15, -0.1) is 0 Å². The summed E-state index contributed by atoms with van der Waals surface area (Å²) in [6.07, 6.45) is 0.140. The number of hydrogen-bond donors (Lipinski definition) is 1. The number of carbonyl (C=O) groups excluding carboxylic acids is 1. The molecule has 120 valence electrons. The van der Waals surface area contributed by atoms with E-state index in [1.807, 2.05) is 12.1 Å². The van der Waals surface area contributed by atoms with Gasteiger partial charge in [-0.05, 0) is 24.3 Å². The van der Waals surface area contributed by atoms with E-state index in [-0.39, 0.29) is 18.9 Å². The second kappa shape index (κ2) is 8.14. The Morgan fingerprint density at radius 1 is 1.14 bits per heavy atom. The van der Waals surface area contributed by atoms with Crippen LogP contribution < -0.4 is 4.74 Å². The van der Waals surface area contributed by atoms with E-state index in [2.05, 4.69) is 20.8 Å². The van der Waals surface area contributed by atoms with Crippen molar-refractivity contribution in [3.05, 3.63) is 28.7 Å². The van der Waals surface area contributed by atoms with Gasteiger partial charge >= 0.3 is 5.97 Å². The predicted octanol–water partition coefficient (Wildman–Crippen LogP) is 1.45. The molecule has 22 heavy (non-hydrogen) atoms. The number of aliphatic carboxylic acids is 1. The molecule has 1 aromatic carbocycles. The molecule has 0 aromatic heterocycles. The van der Waals surface area contributed by atoms with Crippen LogP contribution in [0.4, 0.5) is 0 Å². The third-order valence-electron chi connectivity index (χ3n) is 3.54. The quantitative estimate of drug-likeness (QED) is 0.820. The highest BCUT2D eigenvalue weighted by Crippen LogP contribution is 2.16. The van der Waals surface area contributed by atoms with Crippen LogP contribution in [0.15, 0.2) is 28.7 Å². The predicted molar refractivity (Wildman–Crippen MR) is 84.9 cm³/mol. The lowest BCUT2D eigenvalue weighted by Crippen LogP contribution is -2.50. The number of rotatable bonds is 6. The number of hydrogen-bond acceptors (Lipinski definition) is 4. The molecule has 1 amide bonds. The van der Waals surface area contributed by atoms with E-state index in [0.29, 0.717) is 38.5 Å². The molecule has 0 saturated carbocycles. The van der Waals surface area contributed by atoms with Crippen molar-refractivity contribution < 1.29 is 19.4 Å². The van der Waals surface area contributed by atoms with E-state index in [1.54, 1.807) is 17.0 Å². The van der Waals surface area contributed by atoms with E-state index in [1.165, 1.54) is 0 Å². The molecule has 1 fully saturated rings. The van der Waals surface area contributed by atoms with Gasteiger partial charge in [0.25, 0.3) is 5.91 Å². The van der Waals surface area contributed by atoms with E-state index in [0.717, 1.165) is 4.47 Å². The van der Waals surface area contributed by atoms with Gasteiger partial charge < -0.3 is 14.7 Å². The number of ether oxygens (including phenoxy) is 1. The minimum absolute atomic E-state index is 0.0246. The van der Waals surface area contributed by atoms with Crippen molar-refractivity contribution in [2.75, 3.05) is 39.3 Å². The van der Waals surface area contributed by atoms with Crippen LogP contribution in [0.2, 0.25) is 0 Å². The molecule has 0 aliphatic carbocycles. The fraction of sp³-hybridized carbons (Fsp3) is 0.467. The van der Waals surface area contributed by atoms with Crippen LogP contribution in [0, 0.1) is 0 Å². The summed E-state index contributed by atoms with van der Waals surface area (Å²) in [5.74, 6) is -0.168. The number of piperazine rings is 1. The summed E-state index contributed by atoms with van der Waals surface area (Å²) >= 11 is 3.34. The molecule has 0 radical (unpaired) electrons. The van der Waals surface area contributed by atoms with Crippen LogP contribution in [0.1, 0.15) is 6.42 Å². The lowest BCUT2D eigenvalue weighted by Gasteiger charge is -2.34. The van der Waals surface area contributed by atoms with Crippen molar-refractivity contribution in [3.63, 3.8) is 0 Å². The third-order valence-corrected chi connectivity index (χ3v) is 4.07. The van der Waals surface area contributed by atoms with Gasteiger partial charge in [0.1, 0.15) is 5.75 Å². The Bertz CT molecular complexity index is 513. The topological polar surface area (TPSA) is 70.1 Å². The van der Waals surface area contributed by atoms with Gasteiger partial charge in [-0.2, -0.15) is 0 Å². The second-order valence-corrected chi connectivity index (χ2v) is 6.02. The number of benzene rings is 1. The van der Waals surface area contributed by atoms with Crippen molar-refractivity contribution in [2.24, 2.45) is 0 Å². The van der Waals surface area contributed by atoms with Crippen molar-refractivity contribution in [1.29, 1.82) is 0 Å². The van der Waals surface area contributed by atoms with E-state index in [9.17, 15) is 9.59 Å². The van der Waals surface area contributed by atoms with Gasteiger partial charge in [0.15, 0.2) is 6.61 Å². The average molecular weight is 371 g/mol. The summed E-state index contributed by atoms with van der Waals surface area (Å²) in [7, 11) is 0. The average Bonchev–Trinajstić information content (AvgIpc) is 2.52. The van der Waals surface area contributed by atoms with Crippen LogP contribution in [-0.2, 0) is 9.59 Å². The second-order valence-electron chi connectivity index (χ2n) is 5.11. The molecule has 7 heteroatoms. The number of carboxylic acid groups (broad SMARTS) is 1. The molecule has 1 saturated heterocycles. The first-order valence-corrected chi connectivity index (χ1v) is 7.94. The third kappa shape index (κ3) is 5.31. The minimum atomic E-state index is -0.790. The normalized spacial score (nSPS) is 15.6. The summed E-state index contributed by atoms with van der Waals surface area (Å²) in [5, 5.41) is 8.67. The molecule has 1 heterocycles. The van der Waals surface area contributed by atoms with Gasteiger partial charge in [-0.25, -0.2) is 0 Å². The molecule has 0 spiro atoms. The molecule has 1 N–H and O–H groups in total. The highest BCUT2D eigenvalue weighted by Gasteiger charge is 2.21. The fourth-order valence-corrected chi connectivity index (χ4v) is 2.51. The Morgan fingerprint density at radius 3 is 2.36 bits per heavy atom. The van der Waals surface area contributed by atoms with Gasteiger partial charge in [-0.3, -0.25) is 14.5 Å². The summed E-state index contributed by atoms with van der Waals surface area (Å²) < 4.78 is 6.44. The number of nitrogens with zero attached hydrogens (tertiary/aromatic N) is 2. The molecule has 6 nitrogen and oxygen atoms in total. The molecule has 1 aliphatic rings. The zero-order valence-corrected chi connectivity index (χ0v) is 13.8. The highest BCUT2D eigenvalue weighted by atomic mass is 79.9. The Hall–Kier alpha value is -1.60. The summed E-state index contributed by atoms with van der Waals surface area (Å²) in [6, 6.07) is 7.34. The molecule has 0 unspecified atom stereocenters. The Labute approximate surface area is 137 Å². The number of halogens is 1. The fourth-order valence-electron chi connectivity index (χ4n) is 2.24. The summed E-state index contributed by atoms with van der Waals surface area (Å²) in [5.41, 5.74) is 0. The lowest BCUT2D eigenvalue weighted by atomic mass is 10.3. The Balaban J connectivity index is 1.70. The first kappa shape index (κ1) is 16.8. The summed E-state index contributed by atoms with van der Waals surface area (Å²) in [4.78, 5) is 26.5. The Morgan fingerprint density at radius 2 is 1.77 bits per heavy atom. The van der Waals surface area contributed by atoms with Crippen molar-refractivity contribution in [3.8, 4) is 5.75 Å². The molecule has 0 atom stereocenters. The van der Waals surface area contributed by atoms with Crippen molar-refractivity contribution in [2.45, 2.75) is 6.42 Å². The molecule has 0 bridgehead atoms. The van der Waals surface area contributed by atoms with E-state index < -0.39 is 5.97 Å². The smallest absolute Gasteiger partial charge is 0.304 e. The molecule has 2 rings (SSSR count). The van der Waals surface area contributed by atoms with Crippen LogP contribution in [-0.4, -0.2) is 66.1 Å². The van der Waals surface area contributed by atoms with Gasteiger partial charge in [0, 0.05) is 37.2 Å². The maximum absolute atomic E-state index is 12.1. The van der Waals surface area contributed by atoms with Crippen LogP contribution >= 0.6 is 15.9 Å². The first-order chi connectivity index (χ1) is 10.5. The largest absolute Gasteiger partial charge is 0.484 e. The number of carboxylic acids is 1. The molecular weight excluding hydrogens is 352 g/mol. The molecule has 1 aromatic rings. The lowest BCUT2D eigenvalue weighted by molar-refractivity contribution is -0.138. The maximum Gasteiger partial charge on any atom is 0.304 e. The van der Waals surface area contributed by atoms with Crippen LogP contribution in [0.3, 0.4) is 0 Å². The summed E-state index contributed by atoms with van der Waals surface area (Å²) in [6.45, 7) is 3.20. The van der Waals surface area contributed by atoms with Gasteiger partial charge in [0.2, 0.25) is 0 Å². The van der Waals surface area contributed by atoms with E-state index in [4.69, 9.17) is 9.84 Å². The minimum Gasteiger partial charge on any atom is -0.484 e. The van der Waals surface area contributed by atoms with Crippen LogP contribution in [0.5, 0.6) is 5.75 Å².